The van der Waals surface area contributed by atoms with Gasteiger partial charge < -0.3 is 5.32 Å². The molecule has 0 saturated carbocycles. The van der Waals surface area contributed by atoms with Crippen molar-refractivity contribution in [2.45, 2.75) is 6.92 Å². The Balaban J connectivity index is 2.86. The van der Waals surface area contributed by atoms with E-state index in [9.17, 15) is 26.0 Å². The second-order valence-electron chi connectivity index (χ2n) is 3.51. The molecule has 0 aliphatic heterocycles. The van der Waals surface area contributed by atoms with Gasteiger partial charge in [-0.25, -0.2) is 26.0 Å². The fraction of sp³-hybridized carbons (Fsp3) is 0.400. The van der Waals surface area contributed by atoms with Crippen molar-refractivity contribution in [3.63, 3.8) is 0 Å². The van der Waals surface area contributed by atoms with Crippen LogP contribution < -0.4 is 5.32 Å². The molecule has 0 fully saturated rings. The van der Waals surface area contributed by atoms with Crippen LogP contribution in [-0.2, 0) is 9.84 Å². The summed E-state index contributed by atoms with van der Waals surface area (Å²) in [6.07, 6.45) is 0. The van der Waals surface area contributed by atoms with Crippen LogP contribution in [0.25, 0.3) is 0 Å². The van der Waals surface area contributed by atoms with Gasteiger partial charge in [-0.2, -0.15) is 0 Å². The summed E-state index contributed by atoms with van der Waals surface area (Å²) in [6, 6.07) is 0.0820. The molecular formula is C10H11F4NO2S. The molecule has 0 saturated heterocycles. The predicted octanol–water partition coefficient (Wildman–Crippen LogP) is 2.09. The Kier molecular flexibility index (Phi) is 4.55. The van der Waals surface area contributed by atoms with Gasteiger partial charge in [-0.05, 0) is 0 Å². The SMILES string of the molecule is CCS(=O)(=O)CCNc1c(F)c(F)cc(F)c1F. The molecule has 0 aliphatic carbocycles. The van der Waals surface area contributed by atoms with Gasteiger partial charge in [0.2, 0.25) is 0 Å². The number of sulfone groups is 1. The van der Waals surface area contributed by atoms with Crippen LogP contribution in [-0.4, -0.2) is 26.5 Å². The molecule has 0 radical (unpaired) electrons. The van der Waals surface area contributed by atoms with Crippen molar-refractivity contribution in [3.8, 4) is 0 Å². The topological polar surface area (TPSA) is 46.2 Å². The molecule has 0 aliphatic rings. The predicted molar refractivity (Wildman–Crippen MR) is 59.1 cm³/mol. The van der Waals surface area contributed by atoms with Crippen molar-refractivity contribution in [1.29, 1.82) is 0 Å². The molecule has 18 heavy (non-hydrogen) atoms. The van der Waals surface area contributed by atoms with E-state index in [1.807, 2.05) is 5.32 Å². The van der Waals surface area contributed by atoms with E-state index < -0.39 is 38.8 Å². The molecular weight excluding hydrogens is 274 g/mol. The summed E-state index contributed by atoms with van der Waals surface area (Å²) >= 11 is 0. The highest BCUT2D eigenvalue weighted by Crippen LogP contribution is 2.23. The molecule has 1 rings (SSSR count). The first-order valence-corrected chi connectivity index (χ1v) is 6.88. The lowest BCUT2D eigenvalue weighted by Gasteiger charge is -2.09. The van der Waals surface area contributed by atoms with E-state index in [0.29, 0.717) is 0 Å². The Labute approximate surface area is 102 Å². The van der Waals surface area contributed by atoms with Gasteiger partial charge in [0.15, 0.2) is 33.1 Å². The Bertz CT molecular complexity index is 519. The molecule has 0 atom stereocenters. The lowest BCUT2D eigenvalue weighted by molar-refractivity contribution is 0.458. The highest BCUT2D eigenvalue weighted by molar-refractivity contribution is 7.91. The zero-order valence-corrected chi connectivity index (χ0v) is 10.3. The van der Waals surface area contributed by atoms with Crippen LogP contribution in [0.15, 0.2) is 6.07 Å². The molecule has 102 valence electrons. The van der Waals surface area contributed by atoms with Gasteiger partial charge in [-0.1, -0.05) is 6.92 Å². The van der Waals surface area contributed by atoms with Crippen molar-refractivity contribution < 1.29 is 26.0 Å². The molecule has 0 aromatic heterocycles. The number of rotatable bonds is 5. The van der Waals surface area contributed by atoms with E-state index in [0.717, 1.165) is 0 Å². The molecule has 1 aromatic carbocycles. The number of halogens is 4. The summed E-state index contributed by atoms with van der Waals surface area (Å²) in [5.74, 6) is -6.77. The van der Waals surface area contributed by atoms with Crippen LogP contribution in [0.4, 0.5) is 23.2 Å². The number of benzene rings is 1. The first-order valence-electron chi connectivity index (χ1n) is 5.05. The van der Waals surface area contributed by atoms with Crippen LogP contribution >= 0.6 is 0 Å². The molecule has 0 bridgehead atoms. The van der Waals surface area contributed by atoms with Crippen molar-refractivity contribution in [1.82, 2.24) is 0 Å². The quantitative estimate of drug-likeness (QED) is 0.665. The summed E-state index contributed by atoms with van der Waals surface area (Å²) in [4.78, 5) is 0. The molecule has 0 spiro atoms. The second kappa shape index (κ2) is 5.55. The van der Waals surface area contributed by atoms with Crippen LogP contribution in [0.1, 0.15) is 6.92 Å². The van der Waals surface area contributed by atoms with Crippen molar-refractivity contribution in [2.24, 2.45) is 0 Å². The third kappa shape index (κ3) is 3.34. The second-order valence-corrected chi connectivity index (χ2v) is 5.98. The smallest absolute Gasteiger partial charge is 0.185 e. The Morgan fingerprint density at radius 2 is 1.61 bits per heavy atom. The number of hydrogen-bond donors (Lipinski definition) is 1. The molecule has 0 unspecified atom stereocenters. The van der Waals surface area contributed by atoms with Crippen molar-refractivity contribution in [2.75, 3.05) is 23.4 Å². The average molecular weight is 285 g/mol. The van der Waals surface area contributed by atoms with E-state index in [2.05, 4.69) is 0 Å². The fourth-order valence-electron chi connectivity index (χ4n) is 1.20. The normalized spacial score (nSPS) is 11.6. The summed E-state index contributed by atoms with van der Waals surface area (Å²) in [6.45, 7) is 1.07. The molecule has 1 aromatic rings. The van der Waals surface area contributed by atoms with Crippen LogP contribution in [0, 0.1) is 23.3 Å². The van der Waals surface area contributed by atoms with E-state index in [4.69, 9.17) is 0 Å². The van der Waals surface area contributed by atoms with E-state index in [1.54, 1.807) is 0 Å². The summed E-state index contributed by atoms with van der Waals surface area (Å²) in [7, 11) is -3.33. The third-order valence-corrected chi connectivity index (χ3v) is 3.97. The highest BCUT2D eigenvalue weighted by Gasteiger charge is 2.19. The third-order valence-electron chi connectivity index (χ3n) is 2.27. The van der Waals surface area contributed by atoms with Gasteiger partial charge in [-0.15, -0.1) is 0 Å². The zero-order chi connectivity index (χ0) is 13.9. The van der Waals surface area contributed by atoms with Crippen LogP contribution in [0.5, 0.6) is 0 Å². The minimum atomic E-state index is -3.33. The summed E-state index contributed by atoms with van der Waals surface area (Å²) < 4.78 is 74.2. The van der Waals surface area contributed by atoms with E-state index in [-0.39, 0.29) is 24.1 Å². The molecule has 0 amide bonds. The number of anilines is 1. The molecule has 1 N–H and O–H groups in total. The Morgan fingerprint density at radius 3 is 2.06 bits per heavy atom. The zero-order valence-electron chi connectivity index (χ0n) is 9.44. The van der Waals surface area contributed by atoms with Crippen molar-refractivity contribution >= 4 is 15.5 Å². The Hall–Kier alpha value is -1.31. The summed E-state index contributed by atoms with van der Waals surface area (Å²) in [5.41, 5.74) is -1.00. The first-order chi connectivity index (χ1) is 8.28. The minimum Gasteiger partial charge on any atom is -0.379 e. The van der Waals surface area contributed by atoms with Gasteiger partial charge in [0.25, 0.3) is 0 Å². The lowest BCUT2D eigenvalue weighted by Crippen LogP contribution is -2.18. The van der Waals surface area contributed by atoms with E-state index in [1.165, 1.54) is 6.92 Å². The molecule has 8 heteroatoms. The van der Waals surface area contributed by atoms with Crippen molar-refractivity contribution in [3.05, 3.63) is 29.3 Å². The Morgan fingerprint density at radius 1 is 1.11 bits per heavy atom. The fourth-order valence-corrected chi connectivity index (χ4v) is 1.91. The maximum Gasteiger partial charge on any atom is 0.185 e. The van der Waals surface area contributed by atoms with Gasteiger partial charge >= 0.3 is 0 Å². The number of hydrogen-bond acceptors (Lipinski definition) is 3. The monoisotopic (exact) mass is 285 g/mol. The molecule has 3 nitrogen and oxygen atoms in total. The van der Waals surface area contributed by atoms with Crippen LogP contribution in [0.3, 0.4) is 0 Å². The highest BCUT2D eigenvalue weighted by atomic mass is 32.2. The molecule has 0 heterocycles. The van der Waals surface area contributed by atoms with Gasteiger partial charge in [0.1, 0.15) is 5.69 Å². The van der Waals surface area contributed by atoms with Crippen LogP contribution in [0.2, 0.25) is 0 Å². The lowest BCUT2D eigenvalue weighted by atomic mass is 10.2. The van der Waals surface area contributed by atoms with Gasteiger partial charge in [0, 0.05) is 18.4 Å². The van der Waals surface area contributed by atoms with E-state index >= 15 is 0 Å². The first kappa shape index (κ1) is 14.7. The van der Waals surface area contributed by atoms with Gasteiger partial charge in [0.05, 0.1) is 5.75 Å². The summed E-state index contributed by atoms with van der Waals surface area (Å²) in [5, 5.41) is 2.04. The number of nitrogens with one attached hydrogen (secondary N) is 1. The minimum absolute atomic E-state index is 0.0820. The van der Waals surface area contributed by atoms with Gasteiger partial charge in [-0.3, -0.25) is 0 Å². The maximum atomic E-state index is 13.2. The largest absolute Gasteiger partial charge is 0.379 e. The standard InChI is InChI=1S/C10H11F4NO2S/c1-2-18(16,17)4-3-15-10-8(13)6(11)5-7(12)9(10)14/h5,15H,2-4H2,1H3. The average Bonchev–Trinajstić information content (AvgIpc) is 2.31. The maximum absolute atomic E-state index is 13.2.